The van der Waals surface area contributed by atoms with Crippen LogP contribution in [-0.2, 0) is 0 Å². The summed E-state index contributed by atoms with van der Waals surface area (Å²) in [6, 6.07) is 11.3. The molecule has 0 fully saturated rings. The molecule has 0 saturated carbocycles. The summed E-state index contributed by atoms with van der Waals surface area (Å²) in [5, 5.41) is 8.62. The normalized spacial score (nSPS) is 10.4. The smallest absolute Gasteiger partial charge is 0.349 e. The molecule has 0 N–H and O–H groups in total. The number of carbonyl (C=O) groups excluding carboxylic acids is 1. The van der Waals surface area contributed by atoms with E-state index in [1.54, 1.807) is 24.3 Å². The second-order valence-electron chi connectivity index (χ2n) is 5.94. The largest absolute Gasteiger partial charge is 0.423 e. The number of carbonyl (C=O) groups is 1. The van der Waals surface area contributed by atoms with Gasteiger partial charge < -0.3 is 4.74 Å². The number of nitriles is 1. The molecule has 0 spiro atoms. The third-order valence-electron chi connectivity index (χ3n) is 3.97. The van der Waals surface area contributed by atoms with Crippen LogP contribution in [0.25, 0.3) is 11.1 Å². The van der Waals surface area contributed by atoms with Crippen LogP contribution in [0.5, 0.6) is 5.75 Å². The van der Waals surface area contributed by atoms with E-state index < -0.39 is 46.1 Å². The van der Waals surface area contributed by atoms with Crippen LogP contribution in [0.1, 0.15) is 21.5 Å². The summed E-state index contributed by atoms with van der Waals surface area (Å²) in [5.41, 5.74) is -0.144. The lowest BCUT2D eigenvalue weighted by atomic mass is 10.0. The number of rotatable bonds is 3. The molecule has 0 bridgehead atoms. The first-order valence-corrected chi connectivity index (χ1v) is 7.97. The van der Waals surface area contributed by atoms with Crippen molar-refractivity contribution in [3.63, 3.8) is 0 Å². The maximum Gasteiger partial charge on any atom is 0.349 e. The van der Waals surface area contributed by atoms with E-state index in [9.17, 15) is 22.4 Å². The lowest BCUT2D eigenvalue weighted by Crippen LogP contribution is -2.14. The van der Waals surface area contributed by atoms with Crippen LogP contribution < -0.4 is 4.74 Å². The number of aryl methyl sites for hydroxylation is 1. The maximum absolute atomic E-state index is 14.4. The summed E-state index contributed by atoms with van der Waals surface area (Å²) in [5.74, 6) is -6.98. The highest BCUT2D eigenvalue weighted by atomic mass is 19.1. The highest BCUT2D eigenvalue weighted by Gasteiger charge is 2.22. The third kappa shape index (κ3) is 3.71. The van der Waals surface area contributed by atoms with Crippen LogP contribution in [0, 0.1) is 41.5 Å². The third-order valence-corrected chi connectivity index (χ3v) is 3.97. The number of nitrogens with zero attached hydrogens (tertiary/aromatic N) is 1. The van der Waals surface area contributed by atoms with Crippen LogP contribution in [0.3, 0.4) is 0 Å². The van der Waals surface area contributed by atoms with Crippen molar-refractivity contribution >= 4 is 5.97 Å². The van der Waals surface area contributed by atoms with Crippen molar-refractivity contribution in [2.75, 3.05) is 0 Å². The molecule has 3 aromatic rings. The number of hydrogen-bond acceptors (Lipinski definition) is 3. The lowest BCUT2D eigenvalue weighted by molar-refractivity contribution is 0.0724. The quantitative estimate of drug-likeness (QED) is 0.349. The SMILES string of the molecule is Cc1ccc(-c2cc(F)c(C(=O)Oc3cc(F)c(C#N)c(F)c3)c(F)c2)cc1. The van der Waals surface area contributed by atoms with Crippen molar-refractivity contribution in [1.29, 1.82) is 5.26 Å². The van der Waals surface area contributed by atoms with Gasteiger partial charge in [0.25, 0.3) is 0 Å². The molecule has 3 aromatic carbocycles. The van der Waals surface area contributed by atoms with Gasteiger partial charge in [0.05, 0.1) is 0 Å². The van der Waals surface area contributed by atoms with Gasteiger partial charge in [-0.05, 0) is 30.2 Å². The molecule has 0 amide bonds. The molecule has 140 valence electrons. The van der Waals surface area contributed by atoms with E-state index in [0.717, 1.165) is 17.7 Å². The molecule has 0 aliphatic carbocycles. The van der Waals surface area contributed by atoms with E-state index in [1.807, 2.05) is 6.92 Å². The van der Waals surface area contributed by atoms with Crippen LogP contribution in [0.4, 0.5) is 17.6 Å². The Morgan fingerprint density at radius 3 is 1.89 bits per heavy atom. The van der Waals surface area contributed by atoms with Gasteiger partial charge in [0, 0.05) is 12.1 Å². The first-order chi connectivity index (χ1) is 13.3. The molecule has 0 aromatic heterocycles. The fourth-order valence-electron chi connectivity index (χ4n) is 2.55. The fourth-order valence-corrected chi connectivity index (χ4v) is 2.55. The van der Waals surface area contributed by atoms with Crippen molar-refractivity contribution in [3.05, 3.63) is 88.5 Å². The summed E-state index contributed by atoms with van der Waals surface area (Å²) >= 11 is 0. The predicted molar refractivity (Wildman–Crippen MR) is 92.6 cm³/mol. The average Bonchev–Trinajstić information content (AvgIpc) is 2.61. The van der Waals surface area contributed by atoms with E-state index in [4.69, 9.17) is 5.26 Å². The molecule has 0 unspecified atom stereocenters. The molecule has 28 heavy (non-hydrogen) atoms. The minimum atomic E-state index is -1.46. The molecule has 0 radical (unpaired) electrons. The lowest BCUT2D eigenvalue weighted by Gasteiger charge is -2.09. The number of halogens is 4. The zero-order valence-electron chi connectivity index (χ0n) is 14.4. The topological polar surface area (TPSA) is 50.1 Å². The van der Waals surface area contributed by atoms with Gasteiger partial charge >= 0.3 is 5.97 Å². The van der Waals surface area contributed by atoms with E-state index >= 15 is 0 Å². The number of ether oxygens (including phenoxy) is 1. The highest BCUT2D eigenvalue weighted by Crippen LogP contribution is 2.27. The molecule has 3 nitrogen and oxygen atoms in total. The fraction of sp³-hybridized carbons (Fsp3) is 0.0476. The number of esters is 1. The second-order valence-corrected chi connectivity index (χ2v) is 5.94. The molecule has 0 saturated heterocycles. The Kier molecular flexibility index (Phi) is 5.14. The van der Waals surface area contributed by atoms with Crippen molar-refractivity contribution in [1.82, 2.24) is 0 Å². The van der Waals surface area contributed by atoms with Crippen molar-refractivity contribution < 1.29 is 27.1 Å². The summed E-state index contributed by atoms with van der Waals surface area (Å²) in [6.45, 7) is 1.86. The van der Waals surface area contributed by atoms with Gasteiger partial charge in [-0.25, -0.2) is 22.4 Å². The Bertz CT molecular complexity index is 1070. The van der Waals surface area contributed by atoms with Gasteiger partial charge in [-0.1, -0.05) is 29.8 Å². The van der Waals surface area contributed by atoms with Crippen LogP contribution in [-0.4, -0.2) is 5.97 Å². The molecule has 7 heteroatoms. The van der Waals surface area contributed by atoms with E-state index in [0.29, 0.717) is 17.7 Å². The standard InChI is InChI=1S/C21H11F4NO2/c1-11-2-4-12(5-3-11)13-6-18(24)20(19(25)7-13)21(27)28-14-8-16(22)15(10-26)17(23)9-14/h2-9H,1H3. The summed E-state index contributed by atoms with van der Waals surface area (Å²) in [7, 11) is 0. The predicted octanol–water partition coefficient (Wildman–Crippen LogP) is 5.31. The van der Waals surface area contributed by atoms with Crippen LogP contribution >= 0.6 is 0 Å². The van der Waals surface area contributed by atoms with Gasteiger partial charge in [0.2, 0.25) is 0 Å². The summed E-state index contributed by atoms with van der Waals surface area (Å²) in [6.07, 6.45) is 0. The zero-order valence-corrected chi connectivity index (χ0v) is 14.4. The maximum atomic E-state index is 14.4. The highest BCUT2D eigenvalue weighted by molar-refractivity contribution is 5.92. The Morgan fingerprint density at radius 1 is 0.857 bits per heavy atom. The van der Waals surface area contributed by atoms with Crippen LogP contribution in [0.15, 0.2) is 48.5 Å². The molecule has 0 aliphatic rings. The summed E-state index contributed by atoms with van der Waals surface area (Å²) in [4.78, 5) is 12.1. The van der Waals surface area contributed by atoms with Crippen molar-refractivity contribution in [2.45, 2.75) is 6.92 Å². The van der Waals surface area contributed by atoms with Gasteiger partial charge in [-0.15, -0.1) is 0 Å². The van der Waals surface area contributed by atoms with Gasteiger partial charge in [-0.2, -0.15) is 5.26 Å². The van der Waals surface area contributed by atoms with Gasteiger partial charge in [-0.3, -0.25) is 0 Å². The minimum Gasteiger partial charge on any atom is -0.423 e. The van der Waals surface area contributed by atoms with Gasteiger partial charge in [0.15, 0.2) is 0 Å². The Hall–Kier alpha value is -3.66. The van der Waals surface area contributed by atoms with E-state index in [-0.39, 0.29) is 5.56 Å². The molecule has 0 atom stereocenters. The molecule has 0 aliphatic heterocycles. The summed E-state index contributed by atoms with van der Waals surface area (Å²) < 4.78 is 60.6. The van der Waals surface area contributed by atoms with Crippen molar-refractivity contribution in [2.24, 2.45) is 0 Å². The Balaban J connectivity index is 1.92. The number of hydrogen-bond donors (Lipinski definition) is 0. The second kappa shape index (κ2) is 7.53. The first kappa shape index (κ1) is 19.1. The minimum absolute atomic E-state index is 0.210. The molecular weight excluding hydrogens is 374 g/mol. The first-order valence-electron chi connectivity index (χ1n) is 7.97. The molecular formula is C21H11F4NO2. The van der Waals surface area contributed by atoms with Crippen LogP contribution in [0.2, 0.25) is 0 Å². The molecule has 0 heterocycles. The zero-order chi connectivity index (χ0) is 20.4. The van der Waals surface area contributed by atoms with Gasteiger partial charge in [0.1, 0.15) is 46.2 Å². The van der Waals surface area contributed by atoms with Crippen molar-refractivity contribution in [3.8, 4) is 22.9 Å². The Morgan fingerprint density at radius 2 is 1.39 bits per heavy atom. The molecule has 3 rings (SSSR count). The van der Waals surface area contributed by atoms with E-state index in [2.05, 4.69) is 4.74 Å². The monoisotopic (exact) mass is 385 g/mol. The number of benzene rings is 3. The average molecular weight is 385 g/mol. The Labute approximate surface area is 157 Å². The van der Waals surface area contributed by atoms with E-state index in [1.165, 1.54) is 6.07 Å².